The van der Waals surface area contributed by atoms with Gasteiger partial charge in [0.1, 0.15) is 6.04 Å². The zero-order valence-electron chi connectivity index (χ0n) is 25.7. The van der Waals surface area contributed by atoms with Gasteiger partial charge in [0, 0.05) is 63.6 Å². The lowest BCUT2D eigenvalue weighted by Gasteiger charge is -2.41. The Labute approximate surface area is 264 Å². The third-order valence-electron chi connectivity index (χ3n) is 9.15. The summed E-state index contributed by atoms with van der Waals surface area (Å²) in [5.74, 6) is -0.130. The highest BCUT2D eigenvalue weighted by molar-refractivity contribution is 5.88. The molecule has 0 bridgehead atoms. The Kier molecular flexibility index (Phi) is 9.71. The first-order valence-corrected chi connectivity index (χ1v) is 16.1. The molecule has 232 valence electrons. The summed E-state index contributed by atoms with van der Waals surface area (Å²) in [7, 11) is 0. The van der Waals surface area contributed by atoms with E-state index in [1.807, 2.05) is 30.5 Å². The lowest BCUT2D eigenvalue weighted by molar-refractivity contribution is -0.127. The molecule has 0 spiro atoms. The van der Waals surface area contributed by atoms with Crippen LogP contribution in [-0.4, -0.2) is 69.6 Å². The molecular formula is C36H41N7O2. The first-order chi connectivity index (χ1) is 22.1. The molecule has 2 N–H and O–H groups in total. The van der Waals surface area contributed by atoms with Crippen molar-refractivity contribution < 1.29 is 9.59 Å². The molecule has 1 aromatic heterocycles. The van der Waals surface area contributed by atoms with Crippen LogP contribution in [0.25, 0.3) is 10.8 Å². The zero-order chi connectivity index (χ0) is 31.0. The van der Waals surface area contributed by atoms with Gasteiger partial charge in [0.15, 0.2) is 0 Å². The van der Waals surface area contributed by atoms with Gasteiger partial charge in [0.25, 0.3) is 0 Å². The van der Waals surface area contributed by atoms with Crippen LogP contribution in [0.5, 0.6) is 0 Å². The fraction of sp³-hybridized carbons (Fsp3) is 0.389. The van der Waals surface area contributed by atoms with Gasteiger partial charge in [-0.3, -0.25) is 9.69 Å². The van der Waals surface area contributed by atoms with E-state index in [4.69, 9.17) is 5.26 Å². The number of rotatable bonds is 9. The van der Waals surface area contributed by atoms with E-state index < -0.39 is 6.04 Å². The summed E-state index contributed by atoms with van der Waals surface area (Å²) in [5.41, 5.74) is 3.94. The van der Waals surface area contributed by atoms with Crippen LogP contribution in [-0.2, 0) is 24.3 Å². The van der Waals surface area contributed by atoms with Crippen LogP contribution in [0.4, 0.5) is 4.79 Å². The Morgan fingerprint density at radius 3 is 2.56 bits per heavy atom. The number of nitriles is 1. The Morgan fingerprint density at radius 1 is 0.933 bits per heavy atom. The maximum absolute atomic E-state index is 13.8. The van der Waals surface area contributed by atoms with Crippen LogP contribution < -0.4 is 10.6 Å². The fourth-order valence-corrected chi connectivity index (χ4v) is 6.64. The number of piperazine rings is 1. The molecule has 9 heteroatoms. The van der Waals surface area contributed by atoms with E-state index in [0.29, 0.717) is 44.7 Å². The van der Waals surface area contributed by atoms with Gasteiger partial charge < -0.3 is 20.1 Å². The molecule has 4 aromatic rings. The molecule has 2 fully saturated rings. The molecule has 2 heterocycles. The third kappa shape index (κ3) is 7.52. The van der Waals surface area contributed by atoms with Crippen LogP contribution in [0.1, 0.15) is 54.5 Å². The summed E-state index contributed by atoms with van der Waals surface area (Å²) in [4.78, 5) is 35.7. The average molecular weight is 604 g/mol. The highest BCUT2D eigenvalue weighted by atomic mass is 16.2. The van der Waals surface area contributed by atoms with Gasteiger partial charge >= 0.3 is 6.03 Å². The first kappa shape index (κ1) is 30.4. The number of amides is 3. The monoisotopic (exact) mass is 603 g/mol. The molecule has 1 saturated carbocycles. The lowest BCUT2D eigenvalue weighted by Crippen LogP contribution is -2.63. The van der Waals surface area contributed by atoms with E-state index in [2.05, 4.69) is 73.6 Å². The van der Waals surface area contributed by atoms with Crippen LogP contribution in [0.15, 0.2) is 79.3 Å². The Morgan fingerprint density at radius 2 is 1.73 bits per heavy atom. The summed E-state index contributed by atoms with van der Waals surface area (Å²) >= 11 is 0. The van der Waals surface area contributed by atoms with Gasteiger partial charge in [-0.25, -0.2) is 9.78 Å². The van der Waals surface area contributed by atoms with Crippen LogP contribution in [0.2, 0.25) is 0 Å². The van der Waals surface area contributed by atoms with Gasteiger partial charge in [-0.2, -0.15) is 5.26 Å². The molecule has 1 saturated heterocycles. The van der Waals surface area contributed by atoms with E-state index in [1.54, 1.807) is 11.2 Å². The number of benzene rings is 3. The van der Waals surface area contributed by atoms with Gasteiger partial charge in [-0.15, -0.1) is 0 Å². The van der Waals surface area contributed by atoms with Crippen LogP contribution in [0.3, 0.4) is 0 Å². The Bertz CT molecular complexity index is 1650. The predicted molar refractivity (Wildman–Crippen MR) is 174 cm³/mol. The molecule has 1 aliphatic heterocycles. The molecule has 3 amide bonds. The van der Waals surface area contributed by atoms with Crippen molar-refractivity contribution in [3.8, 4) is 6.07 Å². The third-order valence-corrected chi connectivity index (χ3v) is 9.15. The summed E-state index contributed by atoms with van der Waals surface area (Å²) in [6.45, 7) is 3.48. The minimum atomic E-state index is -0.583. The summed E-state index contributed by atoms with van der Waals surface area (Å²) in [5, 5.41) is 17.9. The first-order valence-electron chi connectivity index (χ1n) is 16.1. The second kappa shape index (κ2) is 14.4. The average Bonchev–Trinajstić information content (AvgIpc) is 3.52. The van der Waals surface area contributed by atoms with Crippen LogP contribution in [0, 0.1) is 11.3 Å². The standard InChI is InChI=1S/C36H41N7O2/c37-21-27-13-15-28(16-14-27)23-42-26-38-22-32(42)17-18-39-35(44)34-25-41(24-30-9-6-8-29-7-4-5-12-33(29)30)19-20-43(34)36(45)40-31-10-2-1-3-11-31/h4-9,12-16,22,26,31,34H,1-3,10-11,17-20,23-25H2,(H,39,44)(H,40,45)/t34-/m1/s1. The van der Waals surface area contributed by atoms with Crippen molar-refractivity contribution in [1.29, 1.82) is 5.26 Å². The fourth-order valence-electron chi connectivity index (χ4n) is 6.64. The topological polar surface area (TPSA) is 106 Å². The highest BCUT2D eigenvalue weighted by Gasteiger charge is 2.36. The maximum atomic E-state index is 13.8. The number of nitrogens with zero attached hydrogens (tertiary/aromatic N) is 5. The van der Waals surface area contributed by atoms with Crippen molar-refractivity contribution in [3.63, 3.8) is 0 Å². The quantitative estimate of drug-likeness (QED) is 0.285. The zero-order valence-corrected chi connectivity index (χ0v) is 25.7. The van der Waals surface area contributed by atoms with Crippen molar-refractivity contribution in [1.82, 2.24) is 30.0 Å². The Hall–Kier alpha value is -4.68. The van der Waals surface area contributed by atoms with E-state index in [1.165, 1.54) is 22.8 Å². The number of nitrogens with one attached hydrogen (secondary N) is 2. The summed E-state index contributed by atoms with van der Waals surface area (Å²) in [6.07, 6.45) is 9.72. The molecule has 1 aliphatic carbocycles. The SMILES string of the molecule is N#Cc1ccc(Cn2cncc2CCNC(=O)[C@H]2CN(Cc3cccc4ccccc34)CCN2C(=O)NC2CCCCC2)cc1. The van der Waals surface area contributed by atoms with Gasteiger partial charge in [-0.05, 0) is 46.9 Å². The molecule has 3 aromatic carbocycles. The van der Waals surface area contributed by atoms with Crippen molar-refractivity contribution in [2.75, 3.05) is 26.2 Å². The predicted octanol–water partition coefficient (Wildman–Crippen LogP) is 4.84. The largest absolute Gasteiger partial charge is 0.354 e. The maximum Gasteiger partial charge on any atom is 0.318 e. The molecular weight excluding hydrogens is 562 g/mol. The molecule has 0 radical (unpaired) electrons. The molecule has 2 aliphatic rings. The number of fused-ring (bicyclic) bond motifs is 1. The molecule has 6 rings (SSSR count). The van der Waals surface area contributed by atoms with E-state index >= 15 is 0 Å². The number of hydrogen-bond acceptors (Lipinski definition) is 5. The van der Waals surface area contributed by atoms with Crippen molar-refractivity contribution in [2.45, 2.75) is 63.7 Å². The number of imidazole rings is 1. The van der Waals surface area contributed by atoms with Gasteiger partial charge in [0.2, 0.25) is 5.91 Å². The van der Waals surface area contributed by atoms with Crippen molar-refractivity contribution in [3.05, 3.63) is 102 Å². The number of carbonyl (C=O) groups excluding carboxylic acids is 2. The molecule has 45 heavy (non-hydrogen) atoms. The molecule has 0 unspecified atom stereocenters. The van der Waals surface area contributed by atoms with E-state index in [-0.39, 0.29) is 18.0 Å². The highest BCUT2D eigenvalue weighted by Crippen LogP contribution is 2.23. The smallest absolute Gasteiger partial charge is 0.318 e. The van der Waals surface area contributed by atoms with Crippen molar-refractivity contribution in [2.24, 2.45) is 0 Å². The molecule has 1 atom stereocenters. The number of aromatic nitrogens is 2. The van der Waals surface area contributed by atoms with E-state index in [9.17, 15) is 9.59 Å². The minimum absolute atomic E-state index is 0.130. The molecule has 9 nitrogen and oxygen atoms in total. The number of hydrogen-bond donors (Lipinski definition) is 2. The second-order valence-corrected chi connectivity index (χ2v) is 12.2. The number of carbonyl (C=O) groups is 2. The number of urea groups is 1. The van der Waals surface area contributed by atoms with Gasteiger partial charge in [0.05, 0.1) is 18.0 Å². The Balaban J connectivity index is 1.11. The summed E-state index contributed by atoms with van der Waals surface area (Å²) in [6, 6.07) is 23.9. The second-order valence-electron chi connectivity index (χ2n) is 12.2. The minimum Gasteiger partial charge on any atom is -0.354 e. The lowest BCUT2D eigenvalue weighted by atomic mass is 9.95. The normalized spacial score (nSPS) is 17.6. The van der Waals surface area contributed by atoms with Crippen LogP contribution >= 0.6 is 0 Å². The summed E-state index contributed by atoms with van der Waals surface area (Å²) < 4.78 is 2.06. The van der Waals surface area contributed by atoms with E-state index in [0.717, 1.165) is 43.5 Å². The van der Waals surface area contributed by atoms with Gasteiger partial charge in [-0.1, -0.05) is 73.9 Å². The van der Waals surface area contributed by atoms with Crippen molar-refractivity contribution >= 4 is 22.7 Å².